The van der Waals surface area contributed by atoms with Gasteiger partial charge >= 0.3 is 5.97 Å². The zero-order valence-corrected chi connectivity index (χ0v) is 10.4. The third-order valence-electron chi connectivity index (χ3n) is 3.42. The third-order valence-corrected chi connectivity index (χ3v) is 3.67. The third kappa shape index (κ3) is 2.61. The number of hydrogen-bond acceptors (Lipinski definition) is 3. The molecule has 0 aromatic heterocycles. The first kappa shape index (κ1) is 12.4. The van der Waals surface area contributed by atoms with Gasteiger partial charge in [-0.3, -0.25) is 4.79 Å². The maximum absolute atomic E-state index is 11.9. The summed E-state index contributed by atoms with van der Waals surface area (Å²) in [5, 5.41) is 0.678. The van der Waals surface area contributed by atoms with E-state index in [9.17, 15) is 4.79 Å². The predicted octanol–water partition coefficient (Wildman–Crippen LogP) is 2.51. The van der Waals surface area contributed by atoms with Crippen LogP contribution >= 0.6 is 11.6 Å². The smallest absolute Gasteiger partial charge is 0.313 e. The maximum atomic E-state index is 11.9. The molecule has 1 aliphatic rings. The average Bonchev–Trinajstić information content (AvgIpc) is 2.27. The Kier molecular flexibility index (Phi) is 3.69. The molecule has 1 aliphatic carbocycles. The van der Waals surface area contributed by atoms with Crippen molar-refractivity contribution in [3.63, 3.8) is 0 Å². The van der Waals surface area contributed by atoms with Gasteiger partial charge in [-0.1, -0.05) is 30.2 Å². The molecule has 1 aromatic carbocycles. The van der Waals surface area contributed by atoms with Crippen molar-refractivity contribution in [2.24, 2.45) is 11.1 Å². The quantitative estimate of drug-likeness (QED) is 0.839. The van der Waals surface area contributed by atoms with Gasteiger partial charge in [-0.2, -0.15) is 0 Å². The van der Waals surface area contributed by atoms with Crippen LogP contribution in [0.1, 0.15) is 24.8 Å². The lowest BCUT2D eigenvalue weighted by atomic mass is 9.69. The van der Waals surface area contributed by atoms with Crippen LogP contribution in [0.3, 0.4) is 0 Å². The first-order valence-corrected chi connectivity index (χ1v) is 6.16. The van der Waals surface area contributed by atoms with Crippen LogP contribution in [0.5, 0.6) is 0 Å². The fourth-order valence-corrected chi connectivity index (χ4v) is 2.10. The Labute approximate surface area is 106 Å². The summed E-state index contributed by atoms with van der Waals surface area (Å²) < 4.78 is 5.30. The van der Waals surface area contributed by atoms with Crippen molar-refractivity contribution in [2.75, 3.05) is 6.54 Å². The van der Waals surface area contributed by atoms with E-state index in [-0.39, 0.29) is 12.6 Å². The number of nitrogens with two attached hydrogens (primary N) is 1. The lowest BCUT2D eigenvalue weighted by molar-refractivity contribution is -0.162. The Bertz CT molecular complexity index is 393. The summed E-state index contributed by atoms with van der Waals surface area (Å²) in [6, 6.07) is 7.27. The Morgan fingerprint density at radius 2 is 2.00 bits per heavy atom. The molecule has 0 aliphatic heterocycles. The highest BCUT2D eigenvalue weighted by molar-refractivity contribution is 6.30. The highest BCUT2D eigenvalue weighted by atomic mass is 35.5. The van der Waals surface area contributed by atoms with Crippen molar-refractivity contribution < 1.29 is 9.53 Å². The van der Waals surface area contributed by atoms with E-state index < -0.39 is 5.41 Å². The van der Waals surface area contributed by atoms with E-state index in [1.54, 1.807) is 12.1 Å². The number of hydrogen-bond donors (Lipinski definition) is 1. The summed E-state index contributed by atoms with van der Waals surface area (Å²) in [6.45, 7) is 0.671. The number of benzene rings is 1. The molecule has 1 aromatic rings. The molecule has 1 saturated carbocycles. The fourth-order valence-electron chi connectivity index (χ4n) is 1.98. The topological polar surface area (TPSA) is 52.3 Å². The normalized spacial score (nSPS) is 17.3. The Balaban J connectivity index is 1.90. The van der Waals surface area contributed by atoms with Gasteiger partial charge < -0.3 is 10.5 Å². The van der Waals surface area contributed by atoms with Crippen molar-refractivity contribution >= 4 is 17.6 Å². The highest BCUT2D eigenvalue weighted by Crippen LogP contribution is 2.41. The standard InChI is InChI=1S/C13H16ClNO2/c14-11-4-2-10(3-5-11)8-17-12(16)13(9-15)6-1-7-13/h2-5H,1,6-9,15H2. The second-order valence-electron chi connectivity index (χ2n) is 4.54. The lowest BCUT2D eigenvalue weighted by Gasteiger charge is -2.37. The molecular formula is C13H16ClNO2. The Morgan fingerprint density at radius 1 is 1.35 bits per heavy atom. The van der Waals surface area contributed by atoms with Crippen molar-refractivity contribution in [3.8, 4) is 0 Å². The molecule has 92 valence electrons. The SMILES string of the molecule is NCC1(C(=O)OCc2ccc(Cl)cc2)CCC1. The number of ether oxygens (including phenoxy) is 1. The van der Waals surface area contributed by atoms with Gasteiger partial charge in [-0.25, -0.2) is 0 Å². The van der Waals surface area contributed by atoms with Crippen LogP contribution in [-0.4, -0.2) is 12.5 Å². The van der Waals surface area contributed by atoms with Crippen LogP contribution in [0, 0.1) is 5.41 Å². The molecule has 0 radical (unpaired) electrons. The van der Waals surface area contributed by atoms with Crippen LogP contribution in [0.15, 0.2) is 24.3 Å². The minimum absolute atomic E-state index is 0.166. The van der Waals surface area contributed by atoms with Gasteiger partial charge in [0.1, 0.15) is 6.61 Å². The van der Waals surface area contributed by atoms with Crippen LogP contribution in [-0.2, 0) is 16.1 Å². The summed E-state index contributed by atoms with van der Waals surface area (Å²) in [6.07, 6.45) is 2.76. The van der Waals surface area contributed by atoms with Crippen LogP contribution in [0.25, 0.3) is 0 Å². The molecule has 1 fully saturated rings. The van der Waals surface area contributed by atoms with Crippen LogP contribution in [0.2, 0.25) is 5.02 Å². The van der Waals surface area contributed by atoms with Gasteiger partial charge in [0.05, 0.1) is 5.41 Å². The molecule has 0 atom stereocenters. The molecule has 0 saturated heterocycles. The van der Waals surface area contributed by atoms with Crippen LogP contribution < -0.4 is 5.73 Å². The molecule has 2 N–H and O–H groups in total. The number of halogens is 1. The molecule has 0 amide bonds. The minimum atomic E-state index is -0.410. The van der Waals surface area contributed by atoms with E-state index in [4.69, 9.17) is 22.1 Å². The Hall–Kier alpha value is -1.06. The zero-order valence-electron chi connectivity index (χ0n) is 9.62. The van der Waals surface area contributed by atoms with Crippen molar-refractivity contribution in [2.45, 2.75) is 25.9 Å². The zero-order chi connectivity index (χ0) is 12.3. The first-order chi connectivity index (χ1) is 8.16. The Morgan fingerprint density at radius 3 is 2.47 bits per heavy atom. The highest BCUT2D eigenvalue weighted by Gasteiger charge is 2.44. The van der Waals surface area contributed by atoms with Crippen molar-refractivity contribution in [1.82, 2.24) is 0 Å². The van der Waals surface area contributed by atoms with E-state index in [2.05, 4.69) is 0 Å². The van der Waals surface area contributed by atoms with E-state index >= 15 is 0 Å². The summed E-state index contributed by atoms with van der Waals surface area (Å²) in [7, 11) is 0. The number of esters is 1. The van der Waals surface area contributed by atoms with Gasteiger partial charge in [-0.05, 0) is 30.5 Å². The second kappa shape index (κ2) is 5.07. The first-order valence-electron chi connectivity index (χ1n) is 5.78. The number of carbonyl (C=O) groups excluding carboxylic acids is 1. The second-order valence-corrected chi connectivity index (χ2v) is 4.98. The molecule has 17 heavy (non-hydrogen) atoms. The van der Waals surface area contributed by atoms with E-state index in [1.807, 2.05) is 12.1 Å². The summed E-state index contributed by atoms with van der Waals surface area (Å²) in [5.74, 6) is -0.166. The van der Waals surface area contributed by atoms with Gasteiger partial charge in [0, 0.05) is 11.6 Å². The minimum Gasteiger partial charge on any atom is -0.460 e. The lowest BCUT2D eigenvalue weighted by Crippen LogP contribution is -2.45. The molecule has 0 spiro atoms. The monoisotopic (exact) mass is 253 g/mol. The fraction of sp³-hybridized carbons (Fsp3) is 0.462. The van der Waals surface area contributed by atoms with Gasteiger partial charge in [0.25, 0.3) is 0 Å². The predicted molar refractivity (Wildman–Crippen MR) is 66.6 cm³/mol. The van der Waals surface area contributed by atoms with Gasteiger partial charge in [0.2, 0.25) is 0 Å². The molecule has 0 heterocycles. The van der Waals surface area contributed by atoms with E-state index in [1.165, 1.54) is 0 Å². The van der Waals surface area contributed by atoms with Gasteiger partial charge in [-0.15, -0.1) is 0 Å². The van der Waals surface area contributed by atoms with Crippen molar-refractivity contribution in [3.05, 3.63) is 34.9 Å². The average molecular weight is 254 g/mol. The molecule has 0 unspecified atom stereocenters. The molecular weight excluding hydrogens is 238 g/mol. The molecule has 0 bridgehead atoms. The van der Waals surface area contributed by atoms with E-state index in [0.717, 1.165) is 24.8 Å². The molecule has 3 nitrogen and oxygen atoms in total. The summed E-state index contributed by atoms with van der Waals surface area (Å²) in [4.78, 5) is 11.9. The molecule has 2 rings (SSSR count). The number of carbonyl (C=O) groups is 1. The largest absolute Gasteiger partial charge is 0.460 e. The summed E-state index contributed by atoms with van der Waals surface area (Å²) in [5.41, 5.74) is 6.17. The van der Waals surface area contributed by atoms with Crippen LogP contribution in [0.4, 0.5) is 0 Å². The van der Waals surface area contributed by atoms with Crippen molar-refractivity contribution in [1.29, 1.82) is 0 Å². The molecule has 4 heteroatoms. The van der Waals surface area contributed by atoms with E-state index in [0.29, 0.717) is 11.6 Å². The van der Waals surface area contributed by atoms with Gasteiger partial charge in [0.15, 0.2) is 0 Å². The maximum Gasteiger partial charge on any atom is 0.313 e. The summed E-state index contributed by atoms with van der Waals surface area (Å²) >= 11 is 5.78. The number of rotatable bonds is 4.